The second kappa shape index (κ2) is 5.79. The molecule has 1 unspecified atom stereocenters. The molecule has 1 N–H and O–H groups in total. The number of ether oxygens (including phenoxy) is 1. The lowest BCUT2D eigenvalue weighted by atomic mass is 9.97. The number of fused-ring (bicyclic) bond motifs is 1. The summed E-state index contributed by atoms with van der Waals surface area (Å²) in [6.45, 7) is 1.98. The fraction of sp³-hybridized carbons (Fsp3) is 0.400. The molecule has 21 heavy (non-hydrogen) atoms. The molecule has 1 aromatic rings. The standard InChI is InChI=1S/C15H15F3O3/c1-2-3-5-9-6-4-7-10-8-11(14(19)20)13(15(16,17)18)21-12(9)10/h4,6-8,13H,2-3,5H2,1H3,(H,19,20). The molecule has 0 saturated carbocycles. The van der Waals surface area contributed by atoms with E-state index in [0.717, 1.165) is 18.9 Å². The number of carboxylic acid groups (broad SMARTS) is 1. The summed E-state index contributed by atoms with van der Waals surface area (Å²) in [5.74, 6) is -1.49. The van der Waals surface area contributed by atoms with Gasteiger partial charge in [-0.1, -0.05) is 31.5 Å². The van der Waals surface area contributed by atoms with Crippen LogP contribution in [0.25, 0.3) is 6.08 Å². The molecule has 1 aliphatic rings. The molecule has 6 heteroatoms. The lowest BCUT2D eigenvalue weighted by Gasteiger charge is -2.28. The SMILES string of the molecule is CCCCc1cccc2c1OC(C(F)(F)F)C(C(=O)O)=C2. The molecule has 2 rings (SSSR count). The zero-order valence-electron chi connectivity index (χ0n) is 11.4. The van der Waals surface area contributed by atoms with Crippen molar-refractivity contribution in [2.75, 3.05) is 0 Å². The normalized spacial score (nSPS) is 17.7. The first-order valence-corrected chi connectivity index (χ1v) is 6.64. The van der Waals surface area contributed by atoms with Gasteiger partial charge in [-0.15, -0.1) is 0 Å². The Labute approximate surface area is 120 Å². The predicted octanol–water partition coefficient (Wildman–Crippen LogP) is 3.82. The fourth-order valence-electron chi connectivity index (χ4n) is 2.27. The minimum absolute atomic E-state index is 0.137. The molecule has 1 aliphatic heterocycles. The maximum atomic E-state index is 13.0. The van der Waals surface area contributed by atoms with Gasteiger partial charge in [0.1, 0.15) is 5.75 Å². The van der Waals surface area contributed by atoms with Gasteiger partial charge >= 0.3 is 12.1 Å². The van der Waals surface area contributed by atoms with Crippen molar-refractivity contribution >= 4 is 12.0 Å². The molecule has 1 aromatic carbocycles. The molecular weight excluding hydrogens is 285 g/mol. The summed E-state index contributed by atoms with van der Waals surface area (Å²) in [5.41, 5.74) is 0.258. The quantitative estimate of drug-likeness (QED) is 0.919. The van der Waals surface area contributed by atoms with Crippen molar-refractivity contribution in [2.45, 2.75) is 38.5 Å². The number of unbranched alkanes of at least 4 members (excludes halogenated alkanes) is 1. The lowest BCUT2D eigenvalue weighted by Crippen LogP contribution is -2.40. The van der Waals surface area contributed by atoms with Crippen molar-refractivity contribution in [3.8, 4) is 5.75 Å². The lowest BCUT2D eigenvalue weighted by molar-refractivity contribution is -0.187. The van der Waals surface area contributed by atoms with Gasteiger partial charge in [-0.25, -0.2) is 4.79 Å². The van der Waals surface area contributed by atoms with E-state index in [0.29, 0.717) is 17.5 Å². The van der Waals surface area contributed by atoms with E-state index >= 15 is 0 Å². The molecule has 0 spiro atoms. The fourth-order valence-corrected chi connectivity index (χ4v) is 2.27. The highest BCUT2D eigenvalue weighted by atomic mass is 19.4. The zero-order valence-corrected chi connectivity index (χ0v) is 11.4. The molecule has 0 saturated heterocycles. The highest BCUT2D eigenvalue weighted by Crippen LogP contribution is 2.39. The summed E-state index contributed by atoms with van der Waals surface area (Å²) in [4.78, 5) is 11.0. The first-order valence-electron chi connectivity index (χ1n) is 6.64. The summed E-state index contributed by atoms with van der Waals surface area (Å²) in [6.07, 6.45) is -3.81. The number of carboxylic acids is 1. The summed E-state index contributed by atoms with van der Waals surface area (Å²) in [7, 11) is 0. The molecule has 0 aromatic heterocycles. The molecule has 0 bridgehead atoms. The Morgan fingerprint density at radius 1 is 1.38 bits per heavy atom. The van der Waals surface area contributed by atoms with Crippen molar-refractivity contribution in [1.82, 2.24) is 0 Å². The first-order chi connectivity index (χ1) is 9.84. The maximum absolute atomic E-state index is 13.0. The van der Waals surface area contributed by atoms with Gasteiger partial charge in [0.2, 0.25) is 6.10 Å². The molecule has 0 radical (unpaired) electrons. The Balaban J connectivity index is 2.47. The van der Waals surface area contributed by atoms with Gasteiger partial charge in [0.15, 0.2) is 0 Å². The Bertz CT molecular complexity index is 576. The van der Waals surface area contributed by atoms with Crippen LogP contribution in [0.15, 0.2) is 23.8 Å². The van der Waals surface area contributed by atoms with Crippen LogP contribution in [0, 0.1) is 0 Å². The topological polar surface area (TPSA) is 46.5 Å². The highest BCUT2D eigenvalue weighted by Gasteiger charge is 2.48. The van der Waals surface area contributed by atoms with Crippen molar-refractivity contribution < 1.29 is 27.8 Å². The Morgan fingerprint density at radius 2 is 2.10 bits per heavy atom. The number of aliphatic carboxylic acids is 1. The summed E-state index contributed by atoms with van der Waals surface area (Å²) in [5, 5.41) is 8.96. The molecule has 3 nitrogen and oxygen atoms in total. The molecule has 0 aliphatic carbocycles. The van der Waals surface area contributed by atoms with E-state index < -0.39 is 23.8 Å². The van der Waals surface area contributed by atoms with Crippen LogP contribution < -0.4 is 4.74 Å². The van der Waals surface area contributed by atoms with Gasteiger partial charge in [-0.3, -0.25) is 0 Å². The number of halogens is 3. The van der Waals surface area contributed by atoms with Gasteiger partial charge < -0.3 is 9.84 Å². The van der Waals surface area contributed by atoms with Crippen molar-refractivity contribution in [2.24, 2.45) is 0 Å². The Hall–Kier alpha value is -1.98. The first kappa shape index (κ1) is 15.4. The summed E-state index contributed by atoms with van der Waals surface area (Å²) >= 11 is 0. The van der Waals surface area contributed by atoms with E-state index in [-0.39, 0.29) is 5.75 Å². The van der Waals surface area contributed by atoms with Crippen LogP contribution in [0.2, 0.25) is 0 Å². The van der Waals surface area contributed by atoms with Crippen LogP contribution in [0.5, 0.6) is 5.75 Å². The minimum Gasteiger partial charge on any atom is -0.478 e. The molecule has 0 fully saturated rings. The van der Waals surface area contributed by atoms with Crippen LogP contribution in [-0.2, 0) is 11.2 Å². The van der Waals surface area contributed by atoms with Gasteiger partial charge in [-0.2, -0.15) is 13.2 Å². The predicted molar refractivity (Wildman–Crippen MR) is 71.1 cm³/mol. The van der Waals surface area contributed by atoms with E-state index in [1.165, 1.54) is 0 Å². The average molecular weight is 300 g/mol. The highest BCUT2D eigenvalue weighted by molar-refractivity contribution is 5.95. The Morgan fingerprint density at radius 3 is 2.67 bits per heavy atom. The number of aryl methyl sites for hydroxylation is 1. The zero-order chi connectivity index (χ0) is 15.6. The average Bonchev–Trinajstić information content (AvgIpc) is 2.42. The maximum Gasteiger partial charge on any atom is 0.430 e. The molecule has 114 valence electrons. The third-order valence-electron chi connectivity index (χ3n) is 3.30. The Kier molecular flexibility index (Phi) is 4.25. The third kappa shape index (κ3) is 3.20. The number of carbonyl (C=O) groups is 1. The molecule has 1 heterocycles. The summed E-state index contributed by atoms with van der Waals surface area (Å²) < 4.78 is 44.0. The number of hydrogen-bond donors (Lipinski definition) is 1. The third-order valence-corrected chi connectivity index (χ3v) is 3.30. The number of hydrogen-bond acceptors (Lipinski definition) is 2. The van der Waals surface area contributed by atoms with Crippen molar-refractivity contribution in [1.29, 1.82) is 0 Å². The van der Waals surface area contributed by atoms with E-state index in [1.54, 1.807) is 18.2 Å². The van der Waals surface area contributed by atoms with E-state index in [9.17, 15) is 18.0 Å². The number of para-hydroxylation sites is 1. The van der Waals surface area contributed by atoms with Crippen molar-refractivity contribution in [3.63, 3.8) is 0 Å². The van der Waals surface area contributed by atoms with Gasteiger partial charge in [0.05, 0.1) is 5.57 Å². The van der Waals surface area contributed by atoms with Crippen LogP contribution in [0.3, 0.4) is 0 Å². The van der Waals surface area contributed by atoms with Crippen LogP contribution >= 0.6 is 0 Å². The number of alkyl halides is 3. The minimum atomic E-state index is -4.76. The monoisotopic (exact) mass is 300 g/mol. The molecule has 0 amide bonds. The molecule has 1 atom stereocenters. The van der Waals surface area contributed by atoms with E-state index in [1.807, 2.05) is 6.92 Å². The largest absolute Gasteiger partial charge is 0.478 e. The molecular formula is C15H15F3O3. The summed E-state index contributed by atoms with van der Waals surface area (Å²) in [6, 6.07) is 4.96. The van der Waals surface area contributed by atoms with Crippen LogP contribution in [-0.4, -0.2) is 23.4 Å². The van der Waals surface area contributed by atoms with Crippen LogP contribution in [0.1, 0.15) is 30.9 Å². The second-order valence-corrected chi connectivity index (χ2v) is 4.88. The van der Waals surface area contributed by atoms with E-state index in [4.69, 9.17) is 9.84 Å². The van der Waals surface area contributed by atoms with Gasteiger partial charge in [-0.05, 0) is 24.5 Å². The van der Waals surface area contributed by atoms with E-state index in [2.05, 4.69) is 0 Å². The number of benzene rings is 1. The van der Waals surface area contributed by atoms with Crippen molar-refractivity contribution in [3.05, 3.63) is 34.9 Å². The van der Waals surface area contributed by atoms with Crippen LogP contribution in [0.4, 0.5) is 13.2 Å². The number of rotatable bonds is 4. The van der Waals surface area contributed by atoms with Gasteiger partial charge in [0, 0.05) is 5.56 Å². The van der Waals surface area contributed by atoms with Gasteiger partial charge in [0.25, 0.3) is 0 Å². The smallest absolute Gasteiger partial charge is 0.430 e. The second-order valence-electron chi connectivity index (χ2n) is 4.88.